The third-order valence-corrected chi connectivity index (χ3v) is 2.06. The van der Waals surface area contributed by atoms with Gasteiger partial charge in [0.25, 0.3) is 0 Å². The third kappa shape index (κ3) is 2.41. The summed E-state index contributed by atoms with van der Waals surface area (Å²) in [4.78, 5) is 0.873. The molecule has 13 heavy (non-hydrogen) atoms. The maximum Gasteiger partial charge on any atom is 0.138 e. The van der Waals surface area contributed by atoms with Crippen LogP contribution >= 0.6 is 11.8 Å². The topological polar surface area (TPSA) is 49.8 Å². The zero-order chi connectivity index (χ0) is 9.68. The Hall–Kier alpha value is -1.62. The molecule has 0 radical (unpaired) electrons. The minimum Gasteiger partial charge on any atom is -0.398 e. The van der Waals surface area contributed by atoms with Crippen LogP contribution in [0.25, 0.3) is 6.08 Å². The fraction of sp³-hybridized carbons (Fsp3) is 0. The maximum atomic E-state index is 8.45. The van der Waals surface area contributed by atoms with E-state index in [1.165, 1.54) is 0 Å². The molecule has 0 heterocycles. The molecule has 0 amide bonds. The van der Waals surface area contributed by atoms with Gasteiger partial charge < -0.3 is 5.73 Å². The largest absolute Gasteiger partial charge is 0.398 e. The molecule has 3 heteroatoms. The maximum absolute atomic E-state index is 8.45. The molecule has 1 rings (SSSR count). The fourth-order valence-corrected chi connectivity index (χ4v) is 1.33. The van der Waals surface area contributed by atoms with Crippen molar-refractivity contribution in [2.24, 2.45) is 0 Å². The van der Waals surface area contributed by atoms with Crippen LogP contribution in [-0.4, -0.2) is 0 Å². The van der Waals surface area contributed by atoms with Gasteiger partial charge in [-0.2, -0.15) is 5.26 Å². The molecule has 0 unspecified atom stereocenters. The summed E-state index contributed by atoms with van der Waals surface area (Å²) in [6.45, 7) is 3.46. The molecule has 0 aliphatic heterocycles. The summed E-state index contributed by atoms with van der Waals surface area (Å²) in [5.74, 6) is 0. The van der Waals surface area contributed by atoms with Crippen LogP contribution in [0.1, 0.15) is 5.56 Å². The predicted octanol–water partition coefficient (Wildman–Crippen LogP) is 2.64. The second-order valence-electron chi connectivity index (χ2n) is 2.33. The van der Waals surface area contributed by atoms with Crippen molar-refractivity contribution in [3.8, 4) is 5.40 Å². The Kier molecular flexibility index (Phi) is 3.22. The molecule has 0 spiro atoms. The summed E-state index contributed by atoms with van der Waals surface area (Å²) < 4.78 is 0. The summed E-state index contributed by atoms with van der Waals surface area (Å²) in [5.41, 5.74) is 9.84. The van der Waals surface area contributed by atoms with Crippen LogP contribution in [0.15, 0.2) is 35.4 Å². The van der Waals surface area contributed by atoms with Crippen molar-refractivity contribution in [1.29, 1.82) is 5.26 Å². The number of thioether (sulfide) groups is 1. The SMILES string of the molecule is C=C=Cc1cc(SC#N)ccc1N. The van der Waals surface area contributed by atoms with Crippen molar-refractivity contribution in [2.75, 3.05) is 5.73 Å². The van der Waals surface area contributed by atoms with Crippen molar-refractivity contribution >= 4 is 23.5 Å². The molecule has 0 aliphatic carbocycles. The number of nitrogens with zero attached hydrogens (tertiary/aromatic N) is 1. The normalized spacial score (nSPS) is 8.54. The molecular weight excluding hydrogens is 180 g/mol. The van der Waals surface area contributed by atoms with E-state index in [0.29, 0.717) is 5.69 Å². The van der Waals surface area contributed by atoms with Crippen LogP contribution in [0.5, 0.6) is 0 Å². The van der Waals surface area contributed by atoms with Crippen molar-refractivity contribution < 1.29 is 0 Å². The van der Waals surface area contributed by atoms with E-state index in [9.17, 15) is 0 Å². The van der Waals surface area contributed by atoms with Crippen LogP contribution in [0, 0.1) is 10.7 Å². The highest BCUT2D eigenvalue weighted by molar-refractivity contribution is 8.03. The molecule has 0 fully saturated rings. The molecule has 0 bridgehead atoms. The van der Waals surface area contributed by atoms with E-state index in [0.717, 1.165) is 22.2 Å². The second-order valence-corrected chi connectivity index (χ2v) is 3.19. The Labute approximate surface area is 81.4 Å². The lowest BCUT2D eigenvalue weighted by molar-refractivity contribution is 1.45. The van der Waals surface area contributed by atoms with Gasteiger partial charge in [0.2, 0.25) is 0 Å². The first-order chi connectivity index (χ1) is 6.27. The number of nitrogen functional groups attached to an aromatic ring is 1. The van der Waals surface area contributed by atoms with Gasteiger partial charge >= 0.3 is 0 Å². The van der Waals surface area contributed by atoms with Crippen LogP contribution in [-0.2, 0) is 0 Å². The van der Waals surface area contributed by atoms with Gasteiger partial charge in [0.15, 0.2) is 0 Å². The van der Waals surface area contributed by atoms with E-state index in [2.05, 4.69) is 12.3 Å². The van der Waals surface area contributed by atoms with E-state index in [4.69, 9.17) is 11.0 Å². The quantitative estimate of drug-likeness (QED) is 0.336. The number of hydrogen-bond acceptors (Lipinski definition) is 3. The van der Waals surface area contributed by atoms with Crippen LogP contribution in [0.3, 0.4) is 0 Å². The van der Waals surface area contributed by atoms with Crippen LogP contribution in [0.2, 0.25) is 0 Å². The summed E-state index contributed by atoms with van der Waals surface area (Å²) in [5, 5.41) is 10.5. The molecular formula is C10H8N2S. The van der Waals surface area contributed by atoms with Gasteiger partial charge in [0.05, 0.1) is 0 Å². The lowest BCUT2D eigenvalue weighted by atomic mass is 10.2. The molecule has 0 saturated carbocycles. The number of thiocyanates is 1. The highest BCUT2D eigenvalue weighted by atomic mass is 32.2. The van der Waals surface area contributed by atoms with Crippen molar-refractivity contribution in [3.63, 3.8) is 0 Å². The zero-order valence-electron chi connectivity index (χ0n) is 6.95. The molecule has 0 atom stereocenters. The smallest absolute Gasteiger partial charge is 0.138 e. The minimum absolute atomic E-state index is 0.665. The van der Waals surface area contributed by atoms with Crippen LogP contribution < -0.4 is 5.73 Å². The summed E-state index contributed by atoms with van der Waals surface area (Å²) >= 11 is 1.11. The molecule has 1 aromatic carbocycles. The fourth-order valence-electron chi connectivity index (χ4n) is 0.904. The van der Waals surface area contributed by atoms with Gasteiger partial charge in [-0.05, 0) is 36.0 Å². The molecule has 2 nitrogen and oxygen atoms in total. The Morgan fingerprint density at radius 1 is 1.54 bits per heavy atom. The summed E-state index contributed by atoms with van der Waals surface area (Å²) in [6, 6.07) is 5.41. The number of nitriles is 1. The first kappa shape index (κ1) is 9.47. The highest BCUT2D eigenvalue weighted by Crippen LogP contribution is 2.22. The molecule has 1 aromatic rings. The Balaban J connectivity index is 3.12. The highest BCUT2D eigenvalue weighted by Gasteiger charge is 1.97. The number of benzene rings is 1. The Bertz CT molecular complexity index is 398. The predicted molar refractivity (Wildman–Crippen MR) is 55.9 cm³/mol. The van der Waals surface area contributed by atoms with Gasteiger partial charge in [-0.15, -0.1) is 5.73 Å². The lowest BCUT2D eigenvalue weighted by Crippen LogP contribution is -1.88. The summed E-state index contributed by atoms with van der Waals surface area (Å²) in [7, 11) is 0. The standard InChI is InChI=1S/C10H8N2S/c1-2-3-8-6-9(13-7-11)4-5-10(8)12/h3-6H,1,12H2. The molecule has 0 saturated heterocycles. The van der Waals surface area contributed by atoms with E-state index in [1.54, 1.807) is 12.1 Å². The van der Waals surface area contributed by atoms with Crippen molar-refractivity contribution in [1.82, 2.24) is 0 Å². The van der Waals surface area contributed by atoms with E-state index >= 15 is 0 Å². The van der Waals surface area contributed by atoms with E-state index in [1.807, 2.05) is 17.5 Å². The summed E-state index contributed by atoms with van der Waals surface area (Å²) in [6.07, 6.45) is 1.69. The van der Waals surface area contributed by atoms with Crippen molar-refractivity contribution in [2.45, 2.75) is 4.90 Å². The zero-order valence-corrected chi connectivity index (χ0v) is 7.77. The van der Waals surface area contributed by atoms with E-state index < -0.39 is 0 Å². The van der Waals surface area contributed by atoms with Crippen LogP contribution in [0.4, 0.5) is 5.69 Å². The molecule has 64 valence electrons. The monoisotopic (exact) mass is 188 g/mol. The third-order valence-electron chi connectivity index (χ3n) is 1.48. The average Bonchev–Trinajstić information content (AvgIpc) is 2.12. The number of hydrogen-bond donors (Lipinski definition) is 1. The first-order valence-electron chi connectivity index (χ1n) is 3.59. The molecule has 0 aliphatic rings. The average molecular weight is 188 g/mol. The van der Waals surface area contributed by atoms with Gasteiger partial charge in [-0.3, -0.25) is 0 Å². The Morgan fingerprint density at radius 2 is 2.31 bits per heavy atom. The number of rotatable bonds is 2. The van der Waals surface area contributed by atoms with Crippen molar-refractivity contribution in [3.05, 3.63) is 36.1 Å². The van der Waals surface area contributed by atoms with Gasteiger partial charge in [-0.1, -0.05) is 6.58 Å². The first-order valence-corrected chi connectivity index (χ1v) is 4.41. The van der Waals surface area contributed by atoms with Gasteiger partial charge in [0.1, 0.15) is 5.40 Å². The minimum atomic E-state index is 0.665. The lowest BCUT2D eigenvalue weighted by Gasteiger charge is -2.00. The Morgan fingerprint density at radius 3 is 2.92 bits per heavy atom. The number of nitrogens with two attached hydrogens (primary N) is 1. The van der Waals surface area contributed by atoms with Gasteiger partial charge in [0, 0.05) is 16.1 Å². The second kappa shape index (κ2) is 4.42. The number of anilines is 1. The molecule has 2 N–H and O–H groups in total. The molecule has 0 aromatic heterocycles. The van der Waals surface area contributed by atoms with Gasteiger partial charge in [-0.25, -0.2) is 0 Å². The van der Waals surface area contributed by atoms with E-state index in [-0.39, 0.29) is 0 Å².